The zero-order valence-corrected chi connectivity index (χ0v) is 17.0. The van der Waals surface area contributed by atoms with Crippen LogP contribution in [0.3, 0.4) is 0 Å². The third-order valence-electron chi connectivity index (χ3n) is 4.39. The van der Waals surface area contributed by atoms with E-state index < -0.39 is 15.9 Å². The molecule has 1 N–H and O–H groups in total. The standard InChI is InChI=1S/C18H19Cl2N3O3S/c1-12-3-2-8-23(11-12)27(25,26)15-6-4-14(5-7-15)21-18(24)13-9-16(19)22-17(20)10-13/h4-7,9-10,12H,2-3,8,11H2,1H3,(H,21,24). The summed E-state index contributed by atoms with van der Waals surface area (Å²) in [5, 5.41) is 2.92. The molecule has 0 aliphatic carbocycles. The highest BCUT2D eigenvalue weighted by Gasteiger charge is 2.28. The molecule has 1 saturated heterocycles. The molecule has 144 valence electrons. The number of pyridine rings is 1. The Balaban J connectivity index is 1.74. The highest BCUT2D eigenvalue weighted by atomic mass is 35.5. The van der Waals surface area contributed by atoms with Crippen LogP contribution in [0.2, 0.25) is 10.3 Å². The van der Waals surface area contributed by atoms with Crippen molar-refractivity contribution in [2.24, 2.45) is 5.92 Å². The molecule has 1 atom stereocenters. The van der Waals surface area contributed by atoms with Gasteiger partial charge in [-0.05, 0) is 55.2 Å². The Kier molecular flexibility index (Phi) is 6.05. The Labute approximate surface area is 168 Å². The van der Waals surface area contributed by atoms with Gasteiger partial charge in [0.25, 0.3) is 5.91 Å². The number of sulfonamides is 1. The van der Waals surface area contributed by atoms with Crippen LogP contribution in [0.25, 0.3) is 0 Å². The Morgan fingerprint density at radius 1 is 1.19 bits per heavy atom. The van der Waals surface area contributed by atoms with Crippen LogP contribution in [-0.4, -0.2) is 36.7 Å². The number of amides is 1. The summed E-state index contributed by atoms with van der Waals surface area (Å²) in [6.07, 6.45) is 1.91. The molecule has 1 unspecified atom stereocenters. The van der Waals surface area contributed by atoms with Gasteiger partial charge in [-0.1, -0.05) is 30.1 Å². The summed E-state index contributed by atoms with van der Waals surface area (Å²) >= 11 is 11.6. The van der Waals surface area contributed by atoms with E-state index in [9.17, 15) is 13.2 Å². The lowest BCUT2D eigenvalue weighted by Gasteiger charge is -2.30. The number of carbonyl (C=O) groups is 1. The second-order valence-electron chi connectivity index (χ2n) is 6.59. The van der Waals surface area contributed by atoms with Crippen molar-refractivity contribution in [1.82, 2.24) is 9.29 Å². The number of nitrogens with one attached hydrogen (secondary N) is 1. The average Bonchev–Trinajstić information content (AvgIpc) is 2.61. The topological polar surface area (TPSA) is 79.4 Å². The largest absolute Gasteiger partial charge is 0.322 e. The summed E-state index contributed by atoms with van der Waals surface area (Å²) in [7, 11) is -3.53. The Morgan fingerprint density at radius 3 is 2.41 bits per heavy atom. The monoisotopic (exact) mass is 427 g/mol. The summed E-state index contributed by atoms with van der Waals surface area (Å²) in [6.45, 7) is 3.12. The van der Waals surface area contributed by atoms with Crippen molar-refractivity contribution in [2.75, 3.05) is 18.4 Å². The molecule has 0 spiro atoms. The maximum absolute atomic E-state index is 12.8. The smallest absolute Gasteiger partial charge is 0.255 e. The predicted molar refractivity (Wildman–Crippen MR) is 106 cm³/mol. The molecule has 9 heteroatoms. The maximum atomic E-state index is 12.8. The fourth-order valence-electron chi connectivity index (χ4n) is 3.02. The Bertz CT molecular complexity index is 929. The SMILES string of the molecule is CC1CCCN(S(=O)(=O)c2ccc(NC(=O)c3cc(Cl)nc(Cl)c3)cc2)C1. The number of anilines is 1. The summed E-state index contributed by atoms with van der Waals surface area (Å²) in [4.78, 5) is 16.3. The first-order valence-electron chi connectivity index (χ1n) is 8.50. The third-order valence-corrected chi connectivity index (χ3v) is 6.66. The number of carbonyl (C=O) groups excluding carboxylic acids is 1. The minimum atomic E-state index is -3.53. The van der Waals surface area contributed by atoms with Crippen LogP contribution in [0.5, 0.6) is 0 Å². The second-order valence-corrected chi connectivity index (χ2v) is 9.30. The zero-order valence-electron chi connectivity index (χ0n) is 14.7. The minimum absolute atomic E-state index is 0.116. The summed E-state index contributed by atoms with van der Waals surface area (Å²) in [6, 6.07) is 8.91. The number of piperidine rings is 1. The van der Waals surface area contributed by atoms with Gasteiger partial charge in [-0.2, -0.15) is 4.31 Å². The van der Waals surface area contributed by atoms with Crippen molar-refractivity contribution in [3.05, 3.63) is 52.3 Å². The van der Waals surface area contributed by atoms with Gasteiger partial charge >= 0.3 is 0 Å². The van der Waals surface area contributed by atoms with Gasteiger partial charge in [-0.3, -0.25) is 4.79 Å². The van der Waals surface area contributed by atoms with Crippen LogP contribution in [0, 0.1) is 5.92 Å². The van der Waals surface area contributed by atoms with Crippen molar-refractivity contribution >= 4 is 44.8 Å². The van der Waals surface area contributed by atoms with Gasteiger partial charge in [0.2, 0.25) is 10.0 Å². The molecule has 2 aromatic rings. The molecule has 2 heterocycles. The predicted octanol–water partition coefficient (Wildman–Crippen LogP) is 4.06. The van der Waals surface area contributed by atoms with Crippen LogP contribution in [0.1, 0.15) is 30.1 Å². The minimum Gasteiger partial charge on any atom is -0.322 e. The molecule has 1 fully saturated rings. The number of benzene rings is 1. The molecule has 0 radical (unpaired) electrons. The first-order valence-corrected chi connectivity index (χ1v) is 10.7. The maximum Gasteiger partial charge on any atom is 0.255 e. The summed E-state index contributed by atoms with van der Waals surface area (Å²) < 4.78 is 27.1. The molecule has 6 nitrogen and oxygen atoms in total. The van der Waals surface area contributed by atoms with Gasteiger partial charge in [0, 0.05) is 24.3 Å². The second kappa shape index (κ2) is 8.14. The van der Waals surface area contributed by atoms with Crippen molar-refractivity contribution in [1.29, 1.82) is 0 Å². The van der Waals surface area contributed by atoms with Gasteiger partial charge in [0.05, 0.1) is 4.90 Å². The molecule has 1 aromatic heterocycles. The van der Waals surface area contributed by atoms with E-state index in [0.717, 1.165) is 12.8 Å². The number of hydrogen-bond acceptors (Lipinski definition) is 4. The lowest BCUT2D eigenvalue weighted by molar-refractivity contribution is 0.102. The van der Waals surface area contributed by atoms with Gasteiger partial charge in [-0.25, -0.2) is 13.4 Å². The van der Waals surface area contributed by atoms with E-state index in [0.29, 0.717) is 24.7 Å². The molecule has 27 heavy (non-hydrogen) atoms. The van der Waals surface area contributed by atoms with Crippen molar-refractivity contribution in [3.8, 4) is 0 Å². The average molecular weight is 428 g/mol. The molecule has 1 aliphatic rings. The van der Waals surface area contributed by atoms with Gasteiger partial charge < -0.3 is 5.32 Å². The van der Waals surface area contributed by atoms with E-state index in [1.807, 2.05) is 0 Å². The highest BCUT2D eigenvalue weighted by molar-refractivity contribution is 7.89. The molecule has 1 amide bonds. The van der Waals surface area contributed by atoms with E-state index in [2.05, 4.69) is 17.2 Å². The highest BCUT2D eigenvalue weighted by Crippen LogP contribution is 2.24. The Hall–Kier alpha value is -1.67. The lowest BCUT2D eigenvalue weighted by atomic mass is 10.0. The number of rotatable bonds is 4. The van der Waals surface area contributed by atoms with E-state index >= 15 is 0 Å². The number of hydrogen-bond donors (Lipinski definition) is 1. The van der Waals surface area contributed by atoms with Gasteiger partial charge in [0.1, 0.15) is 10.3 Å². The van der Waals surface area contributed by atoms with Crippen molar-refractivity contribution in [2.45, 2.75) is 24.7 Å². The summed E-state index contributed by atoms with van der Waals surface area (Å²) in [5.41, 5.74) is 0.731. The molecule has 0 saturated carbocycles. The van der Waals surface area contributed by atoms with Crippen LogP contribution in [0.4, 0.5) is 5.69 Å². The summed E-state index contributed by atoms with van der Waals surface area (Å²) in [5.74, 6) is -0.0623. The Morgan fingerprint density at radius 2 is 1.81 bits per heavy atom. The number of halogens is 2. The van der Waals surface area contributed by atoms with Crippen LogP contribution in [-0.2, 0) is 10.0 Å². The molecule has 1 aliphatic heterocycles. The van der Waals surface area contributed by atoms with Crippen LogP contribution < -0.4 is 5.32 Å². The quantitative estimate of drug-likeness (QED) is 0.745. The fourth-order valence-corrected chi connectivity index (χ4v) is 5.08. The number of nitrogens with zero attached hydrogens (tertiary/aromatic N) is 2. The van der Waals surface area contributed by atoms with E-state index in [-0.39, 0.29) is 20.8 Å². The lowest BCUT2D eigenvalue weighted by Crippen LogP contribution is -2.39. The van der Waals surface area contributed by atoms with E-state index in [1.54, 1.807) is 12.1 Å². The number of aromatic nitrogens is 1. The van der Waals surface area contributed by atoms with Crippen LogP contribution >= 0.6 is 23.2 Å². The van der Waals surface area contributed by atoms with E-state index in [1.165, 1.54) is 28.6 Å². The third kappa shape index (κ3) is 4.79. The van der Waals surface area contributed by atoms with Gasteiger partial charge in [0.15, 0.2) is 0 Å². The van der Waals surface area contributed by atoms with Crippen molar-refractivity contribution < 1.29 is 13.2 Å². The molecule has 0 bridgehead atoms. The first kappa shape index (κ1) is 20.1. The fraction of sp³-hybridized carbons (Fsp3) is 0.333. The van der Waals surface area contributed by atoms with Gasteiger partial charge in [-0.15, -0.1) is 0 Å². The molecular formula is C18H19Cl2N3O3S. The van der Waals surface area contributed by atoms with E-state index in [4.69, 9.17) is 23.2 Å². The van der Waals surface area contributed by atoms with Crippen molar-refractivity contribution in [3.63, 3.8) is 0 Å². The molecule has 1 aromatic carbocycles. The normalized spacial score (nSPS) is 18.3. The van der Waals surface area contributed by atoms with Crippen LogP contribution in [0.15, 0.2) is 41.3 Å². The molecule has 3 rings (SSSR count). The first-order chi connectivity index (χ1) is 12.8. The zero-order chi connectivity index (χ0) is 19.6. The molecular weight excluding hydrogens is 409 g/mol.